The Morgan fingerprint density at radius 3 is 2.43 bits per heavy atom. The number of hydrogen-bond donors (Lipinski definition) is 2. The minimum Gasteiger partial charge on any atom is -0.390 e. The third kappa shape index (κ3) is 2.22. The van der Waals surface area contributed by atoms with Crippen molar-refractivity contribution in [2.45, 2.75) is 55.6 Å². The van der Waals surface area contributed by atoms with E-state index in [1.54, 1.807) is 30.5 Å². The second-order valence-corrected chi connectivity index (χ2v) is 9.83. The second-order valence-electron chi connectivity index (χ2n) is 8.01. The first-order valence-corrected chi connectivity index (χ1v) is 11.1. The lowest BCUT2D eigenvalue weighted by atomic mass is 9.84. The number of rotatable bonds is 3. The molecule has 2 N–H and O–H groups in total. The van der Waals surface area contributed by atoms with Crippen LogP contribution < -0.4 is 0 Å². The topological polar surface area (TPSA) is 79.5 Å². The fourth-order valence-electron chi connectivity index (χ4n) is 5.06. The Morgan fingerprint density at radius 2 is 1.75 bits per heavy atom. The van der Waals surface area contributed by atoms with E-state index in [-0.39, 0.29) is 16.7 Å². The van der Waals surface area contributed by atoms with Crippen LogP contribution >= 0.6 is 0 Å². The molecule has 1 aromatic heterocycles. The lowest BCUT2D eigenvalue weighted by Crippen LogP contribution is -2.31. The number of aliphatic hydroxyl groups excluding tert-OH is 2. The Hall–Kier alpha value is -2.15. The Morgan fingerprint density at radius 1 is 1.07 bits per heavy atom. The summed E-state index contributed by atoms with van der Waals surface area (Å²) in [4.78, 5) is 0.245. The van der Waals surface area contributed by atoms with Crippen LogP contribution in [0.25, 0.3) is 10.9 Å². The van der Waals surface area contributed by atoms with Gasteiger partial charge in [-0.3, -0.25) is 0 Å². The highest BCUT2D eigenvalue weighted by molar-refractivity contribution is 7.90. The van der Waals surface area contributed by atoms with Gasteiger partial charge in [-0.25, -0.2) is 12.4 Å². The highest BCUT2D eigenvalue weighted by atomic mass is 32.2. The minimum atomic E-state index is -3.76. The van der Waals surface area contributed by atoms with Gasteiger partial charge >= 0.3 is 0 Å². The third-order valence-electron chi connectivity index (χ3n) is 6.51. The lowest BCUT2D eigenvalue weighted by molar-refractivity contribution is 0.0219. The summed E-state index contributed by atoms with van der Waals surface area (Å²) in [5, 5.41) is 21.8. The number of hydrogen-bond acceptors (Lipinski definition) is 4. The van der Waals surface area contributed by atoms with Crippen molar-refractivity contribution in [3.8, 4) is 0 Å². The molecule has 1 saturated carbocycles. The summed E-state index contributed by atoms with van der Waals surface area (Å²) in [5.41, 5.74) is 4.61. The van der Waals surface area contributed by atoms with Gasteiger partial charge in [-0.2, -0.15) is 0 Å². The van der Waals surface area contributed by atoms with Gasteiger partial charge in [0.1, 0.15) is 0 Å². The zero-order chi connectivity index (χ0) is 19.8. The molecule has 0 saturated heterocycles. The Kier molecular flexibility index (Phi) is 3.79. The molecule has 2 bridgehead atoms. The molecule has 1 fully saturated rings. The van der Waals surface area contributed by atoms with Crippen molar-refractivity contribution in [1.82, 2.24) is 3.97 Å². The predicted octanol–water partition coefficient (Wildman–Crippen LogP) is 3.06. The van der Waals surface area contributed by atoms with E-state index in [0.29, 0.717) is 11.9 Å². The first-order valence-electron chi connectivity index (χ1n) is 9.69. The highest BCUT2D eigenvalue weighted by Crippen LogP contribution is 2.56. The number of fused-ring (bicyclic) bond motifs is 7. The maximum absolute atomic E-state index is 13.4. The normalized spacial score (nSPS) is 26.1. The van der Waals surface area contributed by atoms with E-state index in [9.17, 15) is 18.6 Å². The van der Waals surface area contributed by atoms with Crippen molar-refractivity contribution < 1.29 is 18.6 Å². The first kappa shape index (κ1) is 17.9. The molecule has 28 heavy (non-hydrogen) atoms. The predicted molar refractivity (Wildman–Crippen MR) is 107 cm³/mol. The molecule has 4 unspecified atom stereocenters. The number of aliphatic hydroxyl groups is 2. The summed E-state index contributed by atoms with van der Waals surface area (Å²) < 4.78 is 28.2. The third-order valence-corrected chi connectivity index (χ3v) is 8.20. The van der Waals surface area contributed by atoms with E-state index < -0.39 is 22.2 Å². The van der Waals surface area contributed by atoms with Gasteiger partial charge in [0.25, 0.3) is 10.0 Å². The molecule has 1 heterocycles. The molecule has 0 radical (unpaired) electrons. The van der Waals surface area contributed by atoms with Gasteiger partial charge in [0.15, 0.2) is 0 Å². The van der Waals surface area contributed by atoms with Crippen molar-refractivity contribution in [2.75, 3.05) is 0 Å². The van der Waals surface area contributed by atoms with Crippen LogP contribution in [0.2, 0.25) is 0 Å². The van der Waals surface area contributed by atoms with Crippen LogP contribution in [0.3, 0.4) is 0 Å². The summed E-state index contributed by atoms with van der Waals surface area (Å²) >= 11 is 0. The molecule has 2 aliphatic carbocycles. The highest BCUT2D eigenvalue weighted by Gasteiger charge is 2.51. The number of aryl methyl sites for hydroxylation is 2. The summed E-state index contributed by atoms with van der Waals surface area (Å²) in [6.07, 6.45) is 1.42. The van der Waals surface area contributed by atoms with Crippen molar-refractivity contribution in [3.63, 3.8) is 0 Å². The van der Waals surface area contributed by atoms with Gasteiger partial charge < -0.3 is 10.2 Å². The second kappa shape index (κ2) is 5.92. The molecule has 4 atom stereocenters. The van der Waals surface area contributed by atoms with E-state index in [2.05, 4.69) is 6.07 Å². The fraction of sp³-hybridized carbons (Fsp3) is 0.364. The Balaban J connectivity index is 1.81. The van der Waals surface area contributed by atoms with Crippen molar-refractivity contribution in [3.05, 3.63) is 64.8 Å². The van der Waals surface area contributed by atoms with Gasteiger partial charge in [0.2, 0.25) is 0 Å². The fourth-order valence-corrected chi connectivity index (χ4v) is 6.42. The summed E-state index contributed by atoms with van der Waals surface area (Å²) in [5.74, 6) is -0.361. The van der Waals surface area contributed by atoms with Gasteiger partial charge in [-0.15, -0.1) is 0 Å². The largest absolute Gasteiger partial charge is 0.390 e. The summed E-state index contributed by atoms with van der Waals surface area (Å²) in [6.45, 7) is 3.97. The molecule has 5 rings (SSSR count). The summed E-state index contributed by atoms with van der Waals surface area (Å²) in [7, 11) is -3.76. The van der Waals surface area contributed by atoms with Gasteiger partial charge in [-0.1, -0.05) is 30.7 Å². The number of nitrogens with zero attached hydrogens (tertiary/aromatic N) is 1. The Labute approximate surface area is 164 Å². The van der Waals surface area contributed by atoms with Crippen LogP contribution in [-0.2, 0) is 16.4 Å². The molecule has 146 valence electrons. The average Bonchev–Trinajstić information content (AvgIpc) is 3.35. The smallest absolute Gasteiger partial charge is 0.268 e. The van der Waals surface area contributed by atoms with Gasteiger partial charge in [0, 0.05) is 23.4 Å². The molecule has 2 aliphatic rings. The first-order chi connectivity index (χ1) is 13.3. The van der Waals surface area contributed by atoms with Crippen LogP contribution in [0.4, 0.5) is 0 Å². The van der Waals surface area contributed by atoms with Crippen LogP contribution in [0, 0.1) is 6.92 Å². The van der Waals surface area contributed by atoms with Crippen LogP contribution in [0.1, 0.15) is 47.4 Å². The summed E-state index contributed by atoms with van der Waals surface area (Å²) in [6, 6.07) is 10.8. The number of benzene rings is 2. The van der Waals surface area contributed by atoms with Crippen molar-refractivity contribution >= 4 is 20.9 Å². The van der Waals surface area contributed by atoms with E-state index >= 15 is 0 Å². The van der Waals surface area contributed by atoms with Crippen molar-refractivity contribution in [2.24, 2.45) is 0 Å². The van der Waals surface area contributed by atoms with Crippen molar-refractivity contribution in [1.29, 1.82) is 0 Å². The standard InChI is InChI=1S/C22H23NO4S/c1-3-13-10-16-17-11-18(22(25)21(17)24)19(16)20-15(13)8-9-23(20)28(26,27)14-6-4-12(2)5-7-14/h4-10,17-18,21-22,24-25H,3,11H2,1-2H3. The minimum absolute atomic E-state index is 0.130. The molecule has 3 aromatic rings. The Bertz CT molecular complexity index is 1190. The molecule has 2 aromatic carbocycles. The average molecular weight is 397 g/mol. The maximum Gasteiger partial charge on any atom is 0.268 e. The van der Waals surface area contributed by atoms with Crippen LogP contribution in [0.15, 0.2) is 47.5 Å². The van der Waals surface area contributed by atoms with E-state index in [1.807, 2.05) is 19.9 Å². The molecule has 0 aliphatic heterocycles. The molecular formula is C22H23NO4S. The quantitative estimate of drug-likeness (QED) is 0.712. The van der Waals surface area contributed by atoms with Gasteiger partial charge in [0.05, 0.1) is 22.6 Å². The SMILES string of the molecule is CCc1cc2c(c3c1ccn3S(=O)(=O)c1ccc(C)cc1)C1CC2C(O)C1O. The molecule has 0 amide bonds. The van der Waals surface area contributed by atoms with E-state index in [0.717, 1.165) is 34.1 Å². The molecule has 6 heteroatoms. The molecule has 0 spiro atoms. The maximum atomic E-state index is 13.4. The van der Waals surface area contributed by atoms with Crippen LogP contribution in [-0.4, -0.2) is 34.8 Å². The van der Waals surface area contributed by atoms with E-state index in [4.69, 9.17) is 0 Å². The van der Waals surface area contributed by atoms with Gasteiger partial charge in [-0.05, 0) is 54.7 Å². The van der Waals surface area contributed by atoms with E-state index in [1.165, 1.54) is 3.97 Å². The lowest BCUT2D eigenvalue weighted by Gasteiger charge is -2.27. The van der Waals surface area contributed by atoms with Crippen LogP contribution in [0.5, 0.6) is 0 Å². The zero-order valence-electron chi connectivity index (χ0n) is 15.8. The zero-order valence-corrected chi connectivity index (χ0v) is 16.6. The molecule has 5 nitrogen and oxygen atoms in total. The number of aromatic nitrogens is 1. The monoisotopic (exact) mass is 397 g/mol. The molecular weight excluding hydrogens is 374 g/mol.